The Bertz CT molecular complexity index is 1130. The molecule has 4 rings (SSSR count). The van der Waals surface area contributed by atoms with Crippen LogP contribution in [-0.2, 0) is 17.8 Å². The summed E-state index contributed by atoms with van der Waals surface area (Å²) in [6.07, 6.45) is 2.35. The number of nitrogens with one attached hydrogen (secondary N) is 1. The fourth-order valence-electron chi connectivity index (χ4n) is 3.56. The lowest BCUT2D eigenvalue weighted by atomic mass is 9.95. The Balaban J connectivity index is 1.68. The van der Waals surface area contributed by atoms with Gasteiger partial charge in [0.1, 0.15) is 5.82 Å². The van der Waals surface area contributed by atoms with Gasteiger partial charge in [-0.2, -0.15) is 0 Å². The molecule has 1 aliphatic rings. The number of fused-ring (bicyclic) bond motifs is 1. The number of rotatable bonds is 4. The molecule has 7 heteroatoms. The molecule has 0 atom stereocenters. The number of halogens is 1. The van der Waals surface area contributed by atoms with Gasteiger partial charge in [-0.25, -0.2) is 9.87 Å². The smallest absolute Gasteiger partial charge is 0.274 e. The minimum absolute atomic E-state index is 0.259. The minimum atomic E-state index is -0.606. The van der Waals surface area contributed by atoms with Gasteiger partial charge in [0.15, 0.2) is 0 Å². The molecule has 2 aromatic carbocycles. The van der Waals surface area contributed by atoms with Crippen LogP contribution in [0.1, 0.15) is 31.9 Å². The highest BCUT2D eigenvalue weighted by Gasteiger charge is 2.26. The number of thiophene rings is 1. The van der Waals surface area contributed by atoms with Gasteiger partial charge in [0.05, 0.1) is 5.57 Å². The van der Waals surface area contributed by atoms with Crippen LogP contribution >= 0.6 is 11.3 Å². The molecule has 0 bridgehead atoms. The van der Waals surface area contributed by atoms with Gasteiger partial charge >= 0.3 is 0 Å². The second-order valence-corrected chi connectivity index (χ2v) is 7.93. The Hall–Kier alpha value is -3.29. The molecule has 0 saturated heterocycles. The van der Waals surface area contributed by atoms with Crippen LogP contribution in [0.4, 0.5) is 4.39 Å². The molecule has 3 aromatic rings. The van der Waals surface area contributed by atoms with Crippen LogP contribution in [0.25, 0.3) is 11.6 Å². The van der Waals surface area contributed by atoms with E-state index in [-0.39, 0.29) is 11.5 Å². The first-order valence-electron chi connectivity index (χ1n) is 9.42. The molecule has 2 heterocycles. The van der Waals surface area contributed by atoms with Crippen molar-refractivity contribution in [2.75, 3.05) is 6.54 Å². The van der Waals surface area contributed by atoms with Crippen molar-refractivity contribution in [3.8, 4) is 0 Å². The number of hydrogen-bond donors (Lipinski definition) is 2. The Kier molecular flexibility index (Phi) is 5.74. The molecule has 2 amide bonds. The van der Waals surface area contributed by atoms with Crippen LogP contribution in [0.15, 0.2) is 60.0 Å². The molecule has 1 aromatic heterocycles. The molecule has 152 valence electrons. The average Bonchev–Trinajstić information content (AvgIpc) is 3.29. The number of carbonyl (C=O) groups excluding carboxylic acids is 2. The number of benzene rings is 2. The highest BCUT2D eigenvalue weighted by Crippen LogP contribution is 2.28. The third kappa shape index (κ3) is 4.03. The number of carbonyl (C=O) groups is 2. The van der Waals surface area contributed by atoms with Crippen molar-refractivity contribution in [1.82, 2.24) is 10.4 Å². The Morgan fingerprint density at radius 2 is 1.93 bits per heavy atom. The van der Waals surface area contributed by atoms with Crippen LogP contribution in [-0.4, -0.2) is 28.5 Å². The zero-order valence-corrected chi connectivity index (χ0v) is 16.8. The number of hydroxylamine groups is 1. The lowest BCUT2D eigenvalue weighted by Gasteiger charge is -2.30. The van der Waals surface area contributed by atoms with E-state index in [0.717, 1.165) is 16.0 Å². The Morgan fingerprint density at radius 3 is 2.67 bits per heavy atom. The first-order valence-corrected chi connectivity index (χ1v) is 10.3. The fourth-order valence-corrected chi connectivity index (χ4v) is 4.21. The van der Waals surface area contributed by atoms with E-state index >= 15 is 0 Å². The molecule has 0 unspecified atom stereocenters. The van der Waals surface area contributed by atoms with E-state index in [9.17, 15) is 14.0 Å². The maximum absolute atomic E-state index is 14.5. The summed E-state index contributed by atoms with van der Waals surface area (Å²) in [7, 11) is 0. The van der Waals surface area contributed by atoms with Crippen molar-refractivity contribution in [2.45, 2.75) is 13.0 Å². The molecular weight excluding hydrogens is 403 g/mol. The molecule has 0 aliphatic carbocycles. The second-order valence-electron chi connectivity index (χ2n) is 6.95. The van der Waals surface area contributed by atoms with E-state index in [1.54, 1.807) is 46.8 Å². The summed E-state index contributed by atoms with van der Waals surface area (Å²) in [5.74, 6) is -1.32. The second kappa shape index (κ2) is 8.61. The van der Waals surface area contributed by atoms with Gasteiger partial charge in [-0.05, 0) is 53.3 Å². The van der Waals surface area contributed by atoms with Crippen molar-refractivity contribution < 1.29 is 19.2 Å². The zero-order chi connectivity index (χ0) is 21.1. The molecule has 2 N–H and O–H groups in total. The van der Waals surface area contributed by atoms with E-state index in [2.05, 4.69) is 0 Å². The van der Waals surface area contributed by atoms with Crippen LogP contribution < -0.4 is 5.48 Å². The van der Waals surface area contributed by atoms with Gasteiger partial charge < -0.3 is 4.90 Å². The summed E-state index contributed by atoms with van der Waals surface area (Å²) in [6, 6.07) is 15.2. The van der Waals surface area contributed by atoms with E-state index in [4.69, 9.17) is 5.21 Å². The van der Waals surface area contributed by atoms with Crippen LogP contribution in [0.2, 0.25) is 0 Å². The highest BCUT2D eigenvalue weighted by molar-refractivity contribution is 7.11. The topological polar surface area (TPSA) is 69.6 Å². The van der Waals surface area contributed by atoms with Crippen molar-refractivity contribution in [2.24, 2.45) is 0 Å². The van der Waals surface area contributed by atoms with E-state index in [1.165, 1.54) is 17.4 Å². The number of nitrogens with zero attached hydrogens (tertiary/aromatic N) is 1. The predicted octanol–water partition coefficient (Wildman–Crippen LogP) is 4.13. The maximum Gasteiger partial charge on any atom is 0.274 e. The lowest BCUT2D eigenvalue weighted by Crippen LogP contribution is -2.36. The van der Waals surface area contributed by atoms with E-state index in [1.807, 2.05) is 23.6 Å². The first kappa shape index (κ1) is 20.0. The molecular formula is C23H19FN2O3S. The summed E-state index contributed by atoms with van der Waals surface area (Å²) in [5.41, 5.74) is 4.37. The summed E-state index contributed by atoms with van der Waals surface area (Å²) >= 11 is 1.47. The third-order valence-corrected chi connectivity index (χ3v) is 5.91. The first-order chi connectivity index (χ1) is 14.6. The Labute approximate surface area is 177 Å². The molecule has 0 spiro atoms. The summed E-state index contributed by atoms with van der Waals surface area (Å²) < 4.78 is 14.5. The normalized spacial score (nSPS) is 13.7. The van der Waals surface area contributed by atoms with E-state index < -0.39 is 11.7 Å². The standard InChI is InChI=1S/C23H19FN2O3S/c24-21-6-2-1-5-19(21)20(13-18-4-3-11-30-18)23(28)26-10-9-15-7-8-16(22(27)25-29)12-17(15)14-26/h1-8,11-13,29H,9-10,14H2,(H,25,27)/b20-13-. The van der Waals surface area contributed by atoms with Gasteiger partial charge in [-0.15, -0.1) is 11.3 Å². The molecule has 0 fully saturated rings. The molecule has 0 saturated carbocycles. The summed E-state index contributed by atoms with van der Waals surface area (Å²) in [6.45, 7) is 0.796. The molecule has 30 heavy (non-hydrogen) atoms. The molecule has 5 nitrogen and oxygen atoms in total. The lowest BCUT2D eigenvalue weighted by molar-refractivity contribution is -0.125. The molecule has 1 aliphatic heterocycles. The number of amides is 2. The van der Waals surface area contributed by atoms with Crippen LogP contribution in [0.3, 0.4) is 0 Å². The van der Waals surface area contributed by atoms with Crippen molar-refractivity contribution >= 4 is 34.8 Å². The van der Waals surface area contributed by atoms with Gasteiger partial charge in [-0.1, -0.05) is 30.3 Å². The van der Waals surface area contributed by atoms with Crippen molar-refractivity contribution in [3.05, 3.63) is 92.9 Å². The molecule has 0 radical (unpaired) electrons. The van der Waals surface area contributed by atoms with Crippen molar-refractivity contribution in [3.63, 3.8) is 0 Å². The monoisotopic (exact) mass is 422 g/mol. The highest BCUT2D eigenvalue weighted by atomic mass is 32.1. The summed E-state index contributed by atoms with van der Waals surface area (Å²) in [4.78, 5) is 27.7. The van der Waals surface area contributed by atoms with Gasteiger partial charge in [0, 0.05) is 29.1 Å². The summed E-state index contributed by atoms with van der Waals surface area (Å²) in [5, 5.41) is 10.8. The maximum atomic E-state index is 14.5. The van der Waals surface area contributed by atoms with Crippen molar-refractivity contribution in [1.29, 1.82) is 0 Å². The zero-order valence-electron chi connectivity index (χ0n) is 16.0. The number of hydrogen-bond acceptors (Lipinski definition) is 4. The van der Waals surface area contributed by atoms with Gasteiger partial charge in [0.25, 0.3) is 11.8 Å². The quantitative estimate of drug-likeness (QED) is 0.377. The third-order valence-electron chi connectivity index (χ3n) is 5.09. The minimum Gasteiger partial charge on any atom is -0.334 e. The fraction of sp³-hybridized carbons (Fsp3) is 0.130. The van der Waals surface area contributed by atoms with Crippen LogP contribution in [0.5, 0.6) is 0 Å². The predicted molar refractivity (Wildman–Crippen MR) is 113 cm³/mol. The van der Waals surface area contributed by atoms with Gasteiger partial charge in [-0.3, -0.25) is 14.8 Å². The van der Waals surface area contributed by atoms with E-state index in [0.29, 0.717) is 30.6 Å². The van der Waals surface area contributed by atoms with Gasteiger partial charge in [0.2, 0.25) is 0 Å². The average molecular weight is 422 g/mol. The largest absolute Gasteiger partial charge is 0.334 e. The van der Waals surface area contributed by atoms with Crippen LogP contribution in [0, 0.1) is 5.82 Å². The SMILES string of the molecule is O=C(NO)c1ccc2c(c1)CN(C(=O)/C(=C\c1cccs1)c1ccccc1F)CC2. The Morgan fingerprint density at radius 1 is 1.10 bits per heavy atom.